The van der Waals surface area contributed by atoms with E-state index in [2.05, 4.69) is 0 Å². The van der Waals surface area contributed by atoms with Crippen molar-refractivity contribution in [3.8, 4) is 0 Å². The number of hydrogen-bond acceptors (Lipinski definition) is 3. The van der Waals surface area contributed by atoms with Crippen LogP contribution in [0.15, 0.2) is 18.2 Å². The van der Waals surface area contributed by atoms with Crippen molar-refractivity contribution in [1.82, 2.24) is 4.90 Å². The number of hydrogen-bond donors (Lipinski definition) is 2. The number of halogens is 2. The average molecular weight is 258 g/mol. The van der Waals surface area contributed by atoms with Crippen molar-refractivity contribution >= 4 is 11.6 Å². The lowest BCUT2D eigenvalue weighted by molar-refractivity contribution is 0.0508. The molecule has 1 aromatic carbocycles. The number of aliphatic hydroxyl groups excluding tert-OH is 1. The fraction of sp³-hybridized carbons (Fsp3) is 0.417. The van der Waals surface area contributed by atoms with Crippen molar-refractivity contribution in [3.63, 3.8) is 0 Å². The number of aliphatic hydroxyl groups is 1. The topological polar surface area (TPSA) is 66.6 Å². The van der Waals surface area contributed by atoms with Crippen LogP contribution in [0.3, 0.4) is 0 Å². The summed E-state index contributed by atoms with van der Waals surface area (Å²) in [6.07, 6.45) is -2.64. The van der Waals surface area contributed by atoms with Crippen LogP contribution in [0.25, 0.3) is 0 Å². The second-order valence-corrected chi connectivity index (χ2v) is 3.89. The highest BCUT2D eigenvalue weighted by Gasteiger charge is 2.21. The second kappa shape index (κ2) is 6.30. The Bertz CT molecular complexity index is 425. The number of carbonyl (C=O) groups excluding carboxylic acids is 1. The Labute approximate surface area is 104 Å². The van der Waals surface area contributed by atoms with E-state index in [0.717, 1.165) is 4.90 Å². The summed E-state index contributed by atoms with van der Waals surface area (Å²) in [6.45, 7) is 0.465. The van der Waals surface area contributed by atoms with E-state index in [-0.39, 0.29) is 18.7 Å². The van der Waals surface area contributed by atoms with Crippen molar-refractivity contribution in [1.29, 1.82) is 0 Å². The van der Waals surface area contributed by atoms with Gasteiger partial charge in [0.2, 0.25) is 0 Å². The minimum absolute atomic E-state index is 0.128. The van der Waals surface area contributed by atoms with E-state index in [1.807, 2.05) is 0 Å². The van der Waals surface area contributed by atoms with Crippen LogP contribution in [0.5, 0.6) is 0 Å². The standard InChI is InChI=1S/C12H16F2N2O2/c1-8-9(3-2-4-10(8)15)12(18)16(5-6-17)7-11(13)14/h2-4,11,17H,5-7,15H2,1H3. The molecule has 0 aliphatic rings. The van der Waals surface area contributed by atoms with E-state index < -0.39 is 18.9 Å². The fourth-order valence-corrected chi connectivity index (χ4v) is 1.62. The van der Waals surface area contributed by atoms with Gasteiger partial charge in [-0.25, -0.2) is 8.78 Å². The maximum absolute atomic E-state index is 12.4. The summed E-state index contributed by atoms with van der Waals surface area (Å²) in [6, 6.07) is 4.76. The lowest BCUT2D eigenvalue weighted by Crippen LogP contribution is -2.37. The van der Waals surface area contributed by atoms with E-state index in [9.17, 15) is 13.6 Å². The highest BCUT2D eigenvalue weighted by atomic mass is 19.3. The third-order valence-electron chi connectivity index (χ3n) is 2.62. The second-order valence-electron chi connectivity index (χ2n) is 3.89. The van der Waals surface area contributed by atoms with Crippen LogP contribution >= 0.6 is 0 Å². The number of alkyl halides is 2. The van der Waals surface area contributed by atoms with Gasteiger partial charge in [0.1, 0.15) is 0 Å². The zero-order valence-electron chi connectivity index (χ0n) is 10.1. The van der Waals surface area contributed by atoms with Crippen molar-refractivity contribution in [2.24, 2.45) is 0 Å². The molecule has 0 spiro atoms. The molecule has 0 heterocycles. The first-order valence-electron chi connectivity index (χ1n) is 5.50. The molecule has 4 nitrogen and oxygen atoms in total. The summed E-state index contributed by atoms with van der Waals surface area (Å²) in [7, 11) is 0. The quantitative estimate of drug-likeness (QED) is 0.782. The number of nitrogen functional groups attached to an aromatic ring is 1. The van der Waals surface area contributed by atoms with Crippen LogP contribution in [0, 0.1) is 6.92 Å². The summed E-state index contributed by atoms with van der Waals surface area (Å²) in [4.78, 5) is 13.0. The summed E-state index contributed by atoms with van der Waals surface area (Å²) in [5.74, 6) is -0.547. The van der Waals surface area contributed by atoms with Crippen LogP contribution in [-0.2, 0) is 0 Å². The molecule has 100 valence electrons. The lowest BCUT2D eigenvalue weighted by atomic mass is 10.1. The highest BCUT2D eigenvalue weighted by molar-refractivity contribution is 5.96. The molecule has 0 aliphatic carbocycles. The molecule has 0 unspecified atom stereocenters. The van der Waals surface area contributed by atoms with Gasteiger partial charge in [0.05, 0.1) is 13.2 Å². The third-order valence-corrected chi connectivity index (χ3v) is 2.62. The smallest absolute Gasteiger partial charge is 0.255 e. The zero-order valence-corrected chi connectivity index (χ0v) is 10.1. The molecule has 0 atom stereocenters. The minimum atomic E-state index is -2.64. The molecule has 0 aliphatic heterocycles. The van der Waals surface area contributed by atoms with E-state index >= 15 is 0 Å². The van der Waals surface area contributed by atoms with Gasteiger partial charge in [0.25, 0.3) is 12.3 Å². The molecule has 18 heavy (non-hydrogen) atoms. The monoisotopic (exact) mass is 258 g/mol. The summed E-state index contributed by atoms with van der Waals surface area (Å²) in [5.41, 5.74) is 6.93. The lowest BCUT2D eigenvalue weighted by Gasteiger charge is -2.22. The van der Waals surface area contributed by atoms with Gasteiger partial charge in [-0.05, 0) is 24.6 Å². The fourth-order valence-electron chi connectivity index (χ4n) is 1.62. The predicted octanol–water partition coefficient (Wildman–Crippen LogP) is 1.28. The van der Waals surface area contributed by atoms with Crippen molar-refractivity contribution < 1.29 is 18.7 Å². The Morgan fingerprint density at radius 3 is 2.72 bits per heavy atom. The normalized spacial score (nSPS) is 10.7. The Morgan fingerprint density at radius 1 is 1.50 bits per heavy atom. The molecule has 1 aromatic rings. The Hall–Kier alpha value is -1.69. The Balaban J connectivity index is 2.98. The average Bonchev–Trinajstić information content (AvgIpc) is 2.31. The van der Waals surface area contributed by atoms with Crippen LogP contribution in [0.4, 0.5) is 14.5 Å². The molecular weight excluding hydrogens is 242 g/mol. The van der Waals surface area contributed by atoms with Crippen LogP contribution in [0.1, 0.15) is 15.9 Å². The van der Waals surface area contributed by atoms with Gasteiger partial charge in [0.15, 0.2) is 0 Å². The number of carbonyl (C=O) groups is 1. The van der Waals surface area contributed by atoms with Crippen LogP contribution in [0.2, 0.25) is 0 Å². The first-order valence-corrected chi connectivity index (χ1v) is 5.50. The number of anilines is 1. The van der Waals surface area contributed by atoms with Crippen molar-refractivity contribution in [3.05, 3.63) is 29.3 Å². The largest absolute Gasteiger partial charge is 0.398 e. The molecule has 3 N–H and O–H groups in total. The first kappa shape index (κ1) is 14.4. The summed E-state index contributed by atoms with van der Waals surface area (Å²) >= 11 is 0. The number of nitrogens with two attached hydrogens (primary N) is 1. The molecule has 0 aromatic heterocycles. The molecule has 0 saturated heterocycles. The molecule has 0 fully saturated rings. The van der Waals surface area contributed by atoms with Crippen LogP contribution < -0.4 is 5.73 Å². The number of benzene rings is 1. The maximum Gasteiger partial charge on any atom is 0.255 e. The van der Waals surface area contributed by atoms with Gasteiger partial charge in [-0.3, -0.25) is 4.79 Å². The molecule has 0 bridgehead atoms. The Kier molecular flexibility index (Phi) is 5.03. The first-order chi connectivity index (χ1) is 8.47. The molecule has 6 heteroatoms. The van der Waals surface area contributed by atoms with Gasteiger partial charge < -0.3 is 15.7 Å². The van der Waals surface area contributed by atoms with Gasteiger partial charge in [-0.2, -0.15) is 0 Å². The van der Waals surface area contributed by atoms with E-state index in [1.165, 1.54) is 6.07 Å². The molecule has 0 radical (unpaired) electrons. The molecule has 1 amide bonds. The summed E-state index contributed by atoms with van der Waals surface area (Å²) in [5, 5.41) is 8.81. The van der Waals surface area contributed by atoms with Gasteiger partial charge in [-0.15, -0.1) is 0 Å². The number of rotatable bonds is 5. The number of nitrogens with zero attached hydrogens (tertiary/aromatic N) is 1. The molecular formula is C12H16F2N2O2. The van der Waals surface area contributed by atoms with Gasteiger partial charge in [-0.1, -0.05) is 6.07 Å². The summed E-state index contributed by atoms with van der Waals surface area (Å²) < 4.78 is 24.7. The van der Waals surface area contributed by atoms with E-state index in [4.69, 9.17) is 10.8 Å². The van der Waals surface area contributed by atoms with E-state index in [1.54, 1.807) is 19.1 Å². The molecule has 1 rings (SSSR count). The van der Waals surface area contributed by atoms with Gasteiger partial charge in [0, 0.05) is 17.8 Å². The SMILES string of the molecule is Cc1c(N)cccc1C(=O)N(CCO)CC(F)F. The molecule has 0 saturated carbocycles. The van der Waals surface area contributed by atoms with Crippen molar-refractivity contribution in [2.45, 2.75) is 13.3 Å². The predicted molar refractivity (Wildman–Crippen MR) is 64.6 cm³/mol. The highest BCUT2D eigenvalue weighted by Crippen LogP contribution is 2.17. The minimum Gasteiger partial charge on any atom is -0.398 e. The number of amides is 1. The van der Waals surface area contributed by atoms with Crippen molar-refractivity contribution in [2.75, 3.05) is 25.4 Å². The third kappa shape index (κ3) is 3.40. The van der Waals surface area contributed by atoms with Crippen LogP contribution in [-0.4, -0.2) is 42.0 Å². The maximum atomic E-state index is 12.4. The zero-order chi connectivity index (χ0) is 13.7. The van der Waals surface area contributed by atoms with Gasteiger partial charge >= 0.3 is 0 Å². The Morgan fingerprint density at radius 2 is 2.17 bits per heavy atom. The van der Waals surface area contributed by atoms with E-state index in [0.29, 0.717) is 11.3 Å².